The van der Waals surface area contributed by atoms with Crippen molar-refractivity contribution >= 4 is 80.9 Å². The predicted octanol–water partition coefficient (Wildman–Crippen LogP) is 18.7. The zero-order chi connectivity index (χ0) is 45.2. The summed E-state index contributed by atoms with van der Waals surface area (Å²) < 4.78 is 2.60. The third-order valence-corrected chi connectivity index (χ3v) is 16.5. The van der Waals surface area contributed by atoms with Crippen LogP contribution in [0.25, 0.3) is 97.0 Å². The molecule has 15 rings (SSSR count). The van der Waals surface area contributed by atoms with Crippen LogP contribution >= 0.6 is 11.3 Å². The highest BCUT2D eigenvalue weighted by atomic mass is 32.1. The minimum absolute atomic E-state index is 0.517. The molecule has 1 aromatic heterocycles. The third-order valence-electron chi connectivity index (χ3n) is 15.3. The average Bonchev–Trinajstić information content (AvgIpc) is 4.05. The first-order valence-electron chi connectivity index (χ1n) is 23.9. The van der Waals surface area contributed by atoms with Gasteiger partial charge in [0, 0.05) is 42.7 Å². The number of benzene rings is 12. The lowest BCUT2D eigenvalue weighted by Gasteiger charge is -2.33. The Kier molecular flexibility index (Phi) is 8.22. The summed E-state index contributed by atoms with van der Waals surface area (Å²) >= 11 is 1.90. The fraction of sp³-hybridized carbons (Fsp3) is 0.0149. The van der Waals surface area contributed by atoms with E-state index in [1.807, 2.05) is 11.3 Å². The minimum atomic E-state index is -0.517. The first kappa shape index (κ1) is 38.5. The zero-order valence-electron chi connectivity index (χ0n) is 37.5. The van der Waals surface area contributed by atoms with Gasteiger partial charge in [-0.15, -0.1) is 11.3 Å². The molecule has 12 aromatic carbocycles. The normalized spacial score (nSPS) is 13.0. The van der Waals surface area contributed by atoms with Crippen LogP contribution in [0.5, 0.6) is 0 Å². The summed E-state index contributed by atoms with van der Waals surface area (Å²) in [7, 11) is 0. The maximum Gasteiger partial charge on any atom is 0.0726 e. The molecule has 13 aromatic rings. The summed E-state index contributed by atoms with van der Waals surface area (Å²) in [4.78, 5) is 2.56. The summed E-state index contributed by atoms with van der Waals surface area (Å²) in [5.74, 6) is 0. The largest absolute Gasteiger partial charge is 0.310 e. The lowest BCUT2D eigenvalue weighted by atomic mass is 9.70. The Morgan fingerprint density at radius 3 is 1.41 bits per heavy atom. The Bertz CT molecular complexity index is 4170. The van der Waals surface area contributed by atoms with Gasteiger partial charge in [0.2, 0.25) is 0 Å². The summed E-state index contributed by atoms with van der Waals surface area (Å²) in [6, 6.07) is 93.4. The molecule has 0 saturated heterocycles. The minimum Gasteiger partial charge on any atom is -0.310 e. The summed E-state index contributed by atoms with van der Waals surface area (Å²) in [5.41, 5.74) is 18.2. The van der Waals surface area contributed by atoms with E-state index in [1.54, 1.807) is 0 Å². The van der Waals surface area contributed by atoms with Crippen molar-refractivity contribution in [3.63, 3.8) is 0 Å². The second kappa shape index (κ2) is 14.7. The Morgan fingerprint density at radius 2 is 0.754 bits per heavy atom. The van der Waals surface area contributed by atoms with E-state index in [2.05, 4.69) is 254 Å². The van der Waals surface area contributed by atoms with Crippen molar-refractivity contribution in [1.82, 2.24) is 0 Å². The Labute approximate surface area is 404 Å². The number of hydrogen-bond donors (Lipinski definition) is 0. The van der Waals surface area contributed by atoms with E-state index in [9.17, 15) is 0 Å². The van der Waals surface area contributed by atoms with Gasteiger partial charge < -0.3 is 4.90 Å². The molecule has 2 aliphatic rings. The van der Waals surface area contributed by atoms with Crippen LogP contribution in [0.1, 0.15) is 22.3 Å². The molecule has 0 N–H and O–H groups in total. The molecule has 2 heteroatoms. The second-order valence-corrected chi connectivity index (χ2v) is 19.7. The van der Waals surface area contributed by atoms with E-state index in [-0.39, 0.29) is 0 Å². The van der Waals surface area contributed by atoms with Crippen molar-refractivity contribution in [2.75, 3.05) is 4.90 Å². The quantitative estimate of drug-likeness (QED) is 0.156. The fourth-order valence-corrected chi connectivity index (χ4v) is 13.6. The number of nitrogens with zero attached hydrogens (tertiary/aromatic N) is 1. The molecule has 0 amide bonds. The maximum absolute atomic E-state index is 2.59. The number of fused-ring (bicyclic) bond motifs is 19. The molecule has 0 bridgehead atoms. The highest BCUT2D eigenvalue weighted by Crippen LogP contribution is 2.64. The smallest absolute Gasteiger partial charge is 0.0726 e. The van der Waals surface area contributed by atoms with Crippen molar-refractivity contribution in [2.45, 2.75) is 5.41 Å². The summed E-state index contributed by atoms with van der Waals surface area (Å²) in [5, 5.41) is 10.2. The molecule has 0 saturated carbocycles. The van der Waals surface area contributed by atoms with E-state index < -0.39 is 5.41 Å². The monoisotopic (exact) mass is 891 g/mol. The molecular weight excluding hydrogens is 851 g/mol. The van der Waals surface area contributed by atoms with Crippen LogP contribution in [0.2, 0.25) is 0 Å². The number of rotatable bonds is 5. The number of thiophene rings is 1. The van der Waals surface area contributed by atoms with Gasteiger partial charge in [0.15, 0.2) is 0 Å². The highest BCUT2D eigenvalue weighted by Gasteiger charge is 2.52. The van der Waals surface area contributed by atoms with Gasteiger partial charge in [-0.1, -0.05) is 206 Å². The van der Waals surface area contributed by atoms with E-state index in [0.717, 1.165) is 17.1 Å². The molecule has 0 fully saturated rings. The molecule has 320 valence electrons. The SMILES string of the molecule is c1ccc(-c2ccc(N(c3ccc4c5ccccc5c5ccccc5c4c3)c3cc4c(cc3-c3cccc5c3sc3ccccc35)-c3ccccc3C43c4ccccc4-c4ccccc43)cc2)cc1. The molecular formula is C67H41NS. The van der Waals surface area contributed by atoms with E-state index in [0.29, 0.717) is 0 Å². The van der Waals surface area contributed by atoms with Crippen LogP contribution in [0.4, 0.5) is 17.1 Å². The highest BCUT2D eigenvalue weighted by molar-refractivity contribution is 7.26. The molecule has 0 atom stereocenters. The fourth-order valence-electron chi connectivity index (χ4n) is 12.4. The Morgan fingerprint density at radius 1 is 0.275 bits per heavy atom. The zero-order valence-corrected chi connectivity index (χ0v) is 38.3. The van der Waals surface area contributed by atoms with Gasteiger partial charge in [-0.3, -0.25) is 0 Å². The Hall–Kier alpha value is -8.56. The third kappa shape index (κ3) is 5.41. The molecule has 0 radical (unpaired) electrons. The van der Waals surface area contributed by atoms with Crippen LogP contribution in [0, 0.1) is 0 Å². The van der Waals surface area contributed by atoms with Crippen LogP contribution in [0.15, 0.2) is 249 Å². The maximum atomic E-state index is 2.59. The van der Waals surface area contributed by atoms with Gasteiger partial charge in [-0.2, -0.15) is 0 Å². The topological polar surface area (TPSA) is 3.24 Å². The molecule has 2 aliphatic carbocycles. The van der Waals surface area contributed by atoms with Crippen molar-refractivity contribution < 1.29 is 0 Å². The average molecular weight is 892 g/mol. The van der Waals surface area contributed by atoms with Gasteiger partial charge in [0.05, 0.1) is 11.1 Å². The first-order valence-corrected chi connectivity index (χ1v) is 24.7. The molecule has 1 heterocycles. The van der Waals surface area contributed by atoms with Crippen molar-refractivity contribution in [3.05, 3.63) is 271 Å². The van der Waals surface area contributed by atoms with E-state index in [4.69, 9.17) is 0 Å². The lowest BCUT2D eigenvalue weighted by molar-refractivity contribution is 0.794. The van der Waals surface area contributed by atoms with Crippen LogP contribution < -0.4 is 4.90 Å². The van der Waals surface area contributed by atoms with Gasteiger partial charge in [0.1, 0.15) is 0 Å². The van der Waals surface area contributed by atoms with Crippen LogP contribution in [-0.2, 0) is 5.41 Å². The van der Waals surface area contributed by atoms with Gasteiger partial charge in [-0.05, 0) is 130 Å². The summed E-state index contributed by atoms with van der Waals surface area (Å²) in [6.07, 6.45) is 0. The van der Waals surface area contributed by atoms with Crippen LogP contribution in [0.3, 0.4) is 0 Å². The van der Waals surface area contributed by atoms with E-state index >= 15 is 0 Å². The summed E-state index contributed by atoms with van der Waals surface area (Å²) in [6.45, 7) is 0. The van der Waals surface area contributed by atoms with Gasteiger partial charge >= 0.3 is 0 Å². The van der Waals surface area contributed by atoms with Crippen LogP contribution in [-0.4, -0.2) is 0 Å². The molecule has 1 spiro atoms. The lowest BCUT2D eigenvalue weighted by Crippen LogP contribution is -2.26. The molecule has 0 unspecified atom stereocenters. The predicted molar refractivity (Wildman–Crippen MR) is 294 cm³/mol. The van der Waals surface area contributed by atoms with Crippen molar-refractivity contribution in [3.8, 4) is 44.5 Å². The number of hydrogen-bond acceptors (Lipinski definition) is 2. The Balaban J connectivity index is 1.09. The molecule has 69 heavy (non-hydrogen) atoms. The van der Waals surface area contributed by atoms with Gasteiger partial charge in [0.25, 0.3) is 0 Å². The van der Waals surface area contributed by atoms with Crippen molar-refractivity contribution in [2.24, 2.45) is 0 Å². The first-order chi connectivity index (χ1) is 34.2. The molecule has 1 nitrogen and oxygen atoms in total. The second-order valence-electron chi connectivity index (χ2n) is 18.7. The van der Waals surface area contributed by atoms with E-state index in [1.165, 1.54) is 119 Å². The van der Waals surface area contributed by atoms with Gasteiger partial charge in [-0.25, -0.2) is 0 Å². The number of anilines is 3. The standard InChI is InChI=1S/C67H41NS/c1-2-17-42(18-3-1)43-33-35-44(36-34-43)68(45-37-38-50-48-21-5-4-19-46(48)47-20-6-7-22-49(47)57(50)39-45)64-41-63-58(40-59(64)56-28-16-27-55-54-26-11-15-32-65(54)69-66(55)56)53-25-10-14-31-62(53)67(63)60-29-12-8-23-51(60)52-24-9-13-30-61(52)67/h1-41H. The van der Waals surface area contributed by atoms with Crippen molar-refractivity contribution in [1.29, 1.82) is 0 Å². The molecule has 0 aliphatic heterocycles.